The van der Waals surface area contributed by atoms with Crippen LogP contribution in [0.4, 0.5) is 4.39 Å². The maximum absolute atomic E-state index is 13.7. The predicted octanol–water partition coefficient (Wildman–Crippen LogP) is 1.21. The van der Waals surface area contributed by atoms with E-state index in [1.807, 2.05) is 11.8 Å². The van der Waals surface area contributed by atoms with Crippen molar-refractivity contribution in [2.24, 2.45) is 0 Å². The Morgan fingerprint density at radius 1 is 1.41 bits per heavy atom. The number of nitrogens with zero attached hydrogens (tertiary/aromatic N) is 2. The third kappa shape index (κ3) is 3.48. The van der Waals surface area contributed by atoms with E-state index in [1.165, 1.54) is 29.4 Å². The molecule has 2 atom stereocenters. The van der Waals surface area contributed by atoms with Gasteiger partial charge in [-0.15, -0.1) is 0 Å². The van der Waals surface area contributed by atoms with Crippen LogP contribution in [0.15, 0.2) is 23.1 Å². The number of aliphatic hydroxyl groups excluding tert-OH is 1. The van der Waals surface area contributed by atoms with E-state index in [1.54, 1.807) is 6.92 Å². The van der Waals surface area contributed by atoms with E-state index in [4.69, 9.17) is 0 Å². The van der Waals surface area contributed by atoms with Crippen molar-refractivity contribution in [3.8, 4) is 0 Å². The maximum Gasteiger partial charge on any atom is 0.243 e. The van der Waals surface area contributed by atoms with Crippen LogP contribution in [0.2, 0.25) is 0 Å². The van der Waals surface area contributed by atoms with Crippen LogP contribution in [-0.4, -0.2) is 61.1 Å². The summed E-state index contributed by atoms with van der Waals surface area (Å²) in [4.78, 5) is 2.07. The topological polar surface area (TPSA) is 60.9 Å². The molecule has 0 aliphatic carbocycles. The van der Waals surface area contributed by atoms with Gasteiger partial charge in [0.05, 0.1) is 11.0 Å². The van der Waals surface area contributed by atoms with Crippen LogP contribution in [0.3, 0.4) is 0 Å². The van der Waals surface area contributed by atoms with Gasteiger partial charge in [-0.3, -0.25) is 4.90 Å². The number of hydrogen-bond acceptors (Lipinski definition) is 4. The summed E-state index contributed by atoms with van der Waals surface area (Å²) in [6.45, 7) is 7.01. The number of halogens is 1. The van der Waals surface area contributed by atoms with Crippen LogP contribution in [-0.2, 0) is 10.0 Å². The Balaban J connectivity index is 2.22. The fourth-order valence-corrected chi connectivity index (χ4v) is 4.76. The van der Waals surface area contributed by atoms with E-state index in [2.05, 4.69) is 0 Å². The first-order chi connectivity index (χ1) is 10.2. The molecule has 2 rings (SSSR count). The van der Waals surface area contributed by atoms with Crippen molar-refractivity contribution in [1.29, 1.82) is 0 Å². The summed E-state index contributed by atoms with van der Waals surface area (Å²) in [6.07, 6.45) is -0.444. The number of hydrogen-bond donors (Lipinski definition) is 1. The fraction of sp³-hybridized carbons (Fsp3) is 0.600. The first kappa shape index (κ1) is 17.3. The van der Waals surface area contributed by atoms with E-state index >= 15 is 0 Å². The summed E-state index contributed by atoms with van der Waals surface area (Å²) < 4.78 is 40.7. The Morgan fingerprint density at radius 2 is 2.09 bits per heavy atom. The SMILES string of the molecule is Cc1c(F)cccc1S(=O)(=O)N1CCN(CC(C)O)CC1C. The van der Waals surface area contributed by atoms with Crippen LogP contribution in [0.1, 0.15) is 19.4 Å². The lowest BCUT2D eigenvalue weighted by atomic mass is 10.2. The zero-order chi connectivity index (χ0) is 16.5. The molecule has 1 aliphatic heterocycles. The van der Waals surface area contributed by atoms with Gasteiger partial charge in [0.1, 0.15) is 5.82 Å². The lowest BCUT2D eigenvalue weighted by Gasteiger charge is -2.39. The van der Waals surface area contributed by atoms with Gasteiger partial charge >= 0.3 is 0 Å². The molecule has 1 fully saturated rings. The molecule has 1 heterocycles. The average Bonchev–Trinajstić information content (AvgIpc) is 2.40. The molecule has 0 saturated carbocycles. The second-order valence-electron chi connectivity index (χ2n) is 5.94. The lowest BCUT2D eigenvalue weighted by molar-refractivity contribution is 0.0840. The zero-order valence-corrected chi connectivity index (χ0v) is 14.0. The molecule has 0 spiro atoms. The summed E-state index contributed by atoms with van der Waals surface area (Å²) in [5.41, 5.74) is 0.154. The van der Waals surface area contributed by atoms with E-state index < -0.39 is 21.9 Å². The number of piperazine rings is 1. The van der Waals surface area contributed by atoms with Crippen molar-refractivity contribution in [3.63, 3.8) is 0 Å². The highest BCUT2D eigenvalue weighted by molar-refractivity contribution is 7.89. The Labute approximate surface area is 131 Å². The molecule has 1 aliphatic rings. The second kappa shape index (κ2) is 6.62. The van der Waals surface area contributed by atoms with E-state index in [0.717, 1.165) is 0 Å². The van der Waals surface area contributed by atoms with Crippen LogP contribution in [0, 0.1) is 12.7 Å². The normalized spacial score (nSPS) is 22.7. The molecule has 0 radical (unpaired) electrons. The zero-order valence-electron chi connectivity index (χ0n) is 13.2. The molecule has 22 heavy (non-hydrogen) atoms. The van der Waals surface area contributed by atoms with Crippen molar-refractivity contribution >= 4 is 10.0 Å². The van der Waals surface area contributed by atoms with E-state index in [-0.39, 0.29) is 16.5 Å². The predicted molar refractivity (Wildman–Crippen MR) is 82.6 cm³/mol. The summed E-state index contributed by atoms with van der Waals surface area (Å²) in [7, 11) is -3.71. The molecule has 7 heteroatoms. The quantitative estimate of drug-likeness (QED) is 0.901. The molecule has 2 unspecified atom stereocenters. The third-order valence-corrected chi connectivity index (χ3v) is 6.14. The van der Waals surface area contributed by atoms with Crippen LogP contribution in [0.25, 0.3) is 0 Å². The van der Waals surface area contributed by atoms with Crippen molar-refractivity contribution in [2.45, 2.75) is 37.8 Å². The maximum atomic E-state index is 13.7. The van der Waals surface area contributed by atoms with E-state index in [0.29, 0.717) is 26.2 Å². The molecule has 124 valence electrons. The Hall–Kier alpha value is -1.02. The molecule has 5 nitrogen and oxygen atoms in total. The van der Waals surface area contributed by atoms with Crippen molar-refractivity contribution in [2.75, 3.05) is 26.2 Å². The van der Waals surface area contributed by atoms with Gasteiger partial charge in [0.2, 0.25) is 10.0 Å². The van der Waals surface area contributed by atoms with Crippen molar-refractivity contribution in [3.05, 3.63) is 29.6 Å². The molecule has 1 aromatic rings. The highest BCUT2D eigenvalue weighted by atomic mass is 32.2. The smallest absolute Gasteiger partial charge is 0.243 e. The first-order valence-corrected chi connectivity index (χ1v) is 8.85. The largest absolute Gasteiger partial charge is 0.392 e. The van der Waals surface area contributed by atoms with Crippen molar-refractivity contribution in [1.82, 2.24) is 9.21 Å². The van der Waals surface area contributed by atoms with Gasteiger partial charge in [-0.05, 0) is 32.9 Å². The van der Waals surface area contributed by atoms with Gasteiger partial charge in [-0.2, -0.15) is 4.31 Å². The van der Waals surface area contributed by atoms with Gasteiger partial charge in [0.15, 0.2) is 0 Å². The molecule has 1 aromatic carbocycles. The molecule has 0 aromatic heterocycles. The van der Waals surface area contributed by atoms with Gasteiger partial charge in [-0.25, -0.2) is 12.8 Å². The minimum atomic E-state index is -3.71. The Bertz CT molecular complexity index is 634. The second-order valence-corrected chi connectivity index (χ2v) is 7.80. The van der Waals surface area contributed by atoms with Crippen LogP contribution in [0.5, 0.6) is 0 Å². The van der Waals surface area contributed by atoms with Gasteiger partial charge < -0.3 is 5.11 Å². The average molecular weight is 330 g/mol. The summed E-state index contributed by atoms with van der Waals surface area (Å²) >= 11 is 0. The monoisotopic (exact) mass is 330 g/mol. The number of sulfonamides is 1. The summed E-state index contributed by atoms with van der Waals surface area (Å²) in [5.74, 6) is -0.513. The van der Waals surface area contributed by atoms with Gasteiger partial charge in [0, 0.05) is 37.8 Å². The van der Waals surface area contributed by atoms with Crippen molar-refractivity contribution < 1.29 is 17.9 Å². The number of β-amino-alcohol motifs (C(OH)–C–C–N with tert-alkyl or cyclic N) is 1. The number of aliphatic hydroxyl groups is 1. The molecule has 1 N–H and O–H groups in total. The minimum Gasteiger partial charge on any atom is -0.392 e. The molecular formula is C15H23FN2O3S. The standard InChI is InChI=1S/C15H23FN2O3S/c1-11-9-17(10-12(2)19)7-8-18(11)22(20,21)15-6-4-5-14(16)13(15)3/h4-6,11-12,19H,7-10H2,1-3H3. The Morgan fingerprint density at radius 3 is 2.68 bits per heavy atom. The minimum absolute atomic E-state index is 0.0309. The molecular weight excluding hydrogens is 307 g/mol. The molecule has 0 bridgehead atoms. The van der Waals surface area contributed by atoms with E-state index in [9.17, 15) is 17.9 Å². The number of benzene rings is 1. The lowest BCUT2D eigenvalue weighted by Crippen LogP contribution is -2.54. The van der Waals surface area contributed by atoms with Crippen LogP contribution >= 0.6 is 0 Å². The molecule has 0 amide bonds. The highest BCUT2D eigenvalue weighted by Gasteiger charge is 2.34. The Kier molecular flexibility index (Phi) is 5.21. The third-order valence-electron chi connectivity index (χ3n) is 3.98. The van der Waals surface area contributed by atoms with Gasteiger partial charge in [-0.1, -0.05) is 6.07 Å². The van der Waals surface area contributed by atoms with Crippen LogP contribution < -0.4 is 0 Å². The molecule has 1 saturated heterocycles. The number of rotatable bonds is 4. The highest BCUT2D eigenvalue weighted by Crippen LogP contribution is 2.25. The summed E-state index contributed by atoms with van der Waals surface area (Å²) in [5, 5.41) is 9.45. The first-order valence-electron chi connectivity index (χ1n) is 7.41. The van der Waals surface area contributed by atoms with Gasteiger partial charge in [0.25, 0.3) is 0 Å². The summed E-state index contributed by atoms with van der Waals surface area (Å²) in [6, 6.07) is 3.91. The fourth-order valence-electron chi connectivity index (χ4n) is 2.91.